The molecule has 37 heavy (non-hydrogen) atoms. The van der Waals surface area contributed by atoms with Gasteiger partial charge in [0.25, 0.3) is 0 Å². The second kappa shape index (κ2) is 11.3. The second-order valence-electron chi connectivity index (χ2n) is 9.68. The van der Waals surface area contributed by atoms with Crippen LogP contribution < -0.4 is 10.6 Å². The number of hydrogen-bond acceptors (Lipinski definition) is 5. The van der Waals surface area contributed by atoms with Crippen LogP contribution in [0, 0.1) is 5.92 Å². The molecule has 0 aliphatic heterocycles. The first kappa shape index (κ1) is 24.6. The van der Waals surface area contributed by atoms with Gasteiger partial charge in [0.2, 0.25) is 11.8 Å². The van der Waals surface area contributed by atoms with E-state index < -0.39 is 0 Å². The largest absolute Gasteiger partial charge is 0.359 e. The highest BCUT2D eigenvalue weighted by atomic mass is 16.2. The molecule has 5 rings (SSSR count). The van der Waals surface area contributed by atoms with Gasteiger partial charge < -0.3 is 15.6 Å². The van der Waals surface area contributed by atoms with E-state index in [1.165, 1.54) is 0 Å². The molecule has 1 saturated carbocycles. The molecule has 190 valence electrons. The Bertz CT molecular complexity index is 1370. The lowest BCUT2D eigenvalue weighted by Gasteiger charge is -2.17. The SMILES string of the molecule is CNC(=O)CCCCC[C@H](NC(=O)C1CC1c1ccncc1)c1ncc(-c2ccc3ccncc3c2)[nH]1. The van der Waals surface area contributed by atoms with Crippen LogP contribution in [0.1, 0.15) is 61.9 Å². The molecule has 0 spiro atoms. The molecule has 0 saturated heterocycles. The van der Waals surface area contributed by atoms with Gasteiger partial charge in [0.15, 0.2) is 0 Å². The van der Waals surface area contributed by atoms with Crippen molar-refractivity contribution >= 4 is 22.6 Å². The Morgan fingerprint density at radius 3 is 2.68 bits per heavy atom. The topological polar surface area (TPSA) is 113 Å². The molecule has 1 aliphatic rings. The Kier molecular flexibility index (Phi) is 7.54. The predicted molar refractivity (Wildman–Crippen MR) is 142 cm³/mol. The molecule has 2 unspecified atom stereocenters. The number of carbonyl (C=O) groups excluding carboxylic acids is 2. The number of amides is 2. The standard InChI is InChI=1S/C29H32N6O2/c1-30-27(36)6-4-2-3-5-25(35-29(37)24-16-23(24)20-10-12-31-13-11-20)28-33-18-26(34-28)21-8-7-19-9-14-32-17-22(19)15-21/h7-15,17-18,23-25H,2-6,16H2,1H3,(H,30,36)(H,33,34)(H,35,37)/t23?,24?,25-/m0/s1. The average Bonchev–Trinajstić information content (AvgIpc) is 3.60. The van der Waals surface area contributed by atoms with Crippen LogP contribution in [0.25, 0.3) is 22.0 Å². The molecule has 8 nitrogen and oxygen atoms in total. The summed E-state index contributed by atoms with van der Waals surface area (Å²) in [5, 5.41) is 8.12. The van der Waals surface area contributed by atoms with E-state index >= 15 is 0 Å². The van der Waals surface area contributed by atoms with Gasteiger partial charge in [-0.1, -0.05) is 25.0 Å². The van der Waals surface area contributed by atoms with E-state index in [-0.39, 0.29) is 29.7 Å². The molecule has 8 heteroatoms. The summed E-state index contributed by atoms with van der Waals surface area (Å²) in [6.45, 7) is 0. The predicted octanol–water partition coefficient (Wildman–Crippen LogP) is 4.68. The second-order valence-corrected chi connectivity index (χ2v) is 9.68. The number of H-pyrrole nitrogens is 1. The van der Waals surface area contributed by atoms with Gasteiger partial charge in [0.1, 0.15) is 5.82 Å². The van der Waals surface area contributed by atoms with Gasteiger partial charge >= 0.3 is 0 Å². The number of pyridine rings is 2. The van der Waals surface area contributed by atoms with E-state index in [0.717, 1.165) is 65.5 Å². The van der Waals surface area contributed by atoms with Gasteiger partial charge in [0, 0.05) is 55.1 Å². The van der Waals surface area contributed by atoms with Gasteiger partial charge in [-0.3, -0.25) is 19.6 Å². The smallest absolute Gasteiger partial charge is 0.224 e. The van der Waals surface area contributed by atoms with Gasteiger partial charge in [-0.25, -0.2) is 4.98 Å². The Balaban J connectivity index is 1.28. The number of rotatable bonds is 11. The van der Waals surface area contributed by atoms with E-state index in [2.05, 4.69) is 48.8 Å². The van der Waals surface area contributed by atoms with Crippen LogP contribution in [-0.2, 0) is 9.59 Å². The summed E-state index contributed by atoms with van der Waals surface area (Å²) < 4.78 is 0. The summed E-state index contributed by atoms with van der Waals surface area (Å²) in [6.07, 6.45) is 13.8. The number of nitrogens with one attached hydrogen (secondary N) is 3. The van der Waals surface area contributed by atoms with E-state index in [1.54, 1.807) is 25.6 Å². The van der Waals surface area contributed by atoms with Crippen molar-refractivity contribution in [3.8, 4) is 11.3 Å². The Labute approximate surface area is 216 Å². The fraction of sp³-hybridized carbons (Fsp3) is 0.345. The van der Waals surface area contributed by atoms with Crippen LogP contribution in [0.3, 0.4) is 0 Å². The molecule has 3 heterocycles. The summed E-state index contributed by atoms with van der Waals surface area (Å²) >= 11 is 0. The maximum Gasteiger partial charge on any atom is 0.224 e. The fourth-order valence-corrected chi connectivity index (χ4v) is 4.87. The number of unbranched alkanes of at least 4 members (excludes halogenated alkanes) is 2. The van der Waals surface area contributed by atoms with Crippen molar-refractivity contribution in [3.63, 3.8) is 0 Å². The minimum Gasteiger partial charge on any atom is -0.359 e. The number of imidazole rings is 1. The van der Waals surface area contributed by atoms with Crippen LogP contribution in [0.2, 0.25) is 0 Å². The van der Waals surface area contributed by atoms with Crippen molar-refractivity contribution in [2.24, 2.45) is 5.92 Å². The van der Waals surface area contributed by atoms with Gasteiger partial charge in [0.05, 0.1) is 17.9 Å². The molecule has 0 bridgehead atoms. The third-order valence-electron chi connectivity index (χ3n) is 7.13. The Hall–Kier alpha value is -4.07. The molecule has 2 amide bonds. The van der Waals surface area contributed by atoms with Crippen LogP contribution in [0.15, 0.2) is 67.4 Å². The van der Waals surface area contributed by atoms with Gasteiger partial charge in [-0.15, -0.1) is 0 Å². The minimum absolute atomic E-state index is 0.0272. The summed E-state index contributed by atoms with van der Waals surface area (Å²) in [6, 6.07) is 12.0. The maximum atomic E-state index is 13.2. The third-order valence-corrected chi connectivity index (χ3v) is 7.13. The van der Waals surface area contributed by atoms with Gasteiger partial charge in [-0.05, 0) is 60.4 Å². The summed E-state index contributed by atoms with van der Waals surface area (Å²) in [5.74, 6) is 1.09. The van der Waals surface area contributed by atoms with Crippen molar-refractivity contribution in [1.82, 2.24) is 30.6 Å². The molecule has 0 radical (unpaired) electrons. The quantitative estimate of drug-likeness (QED) is 0.261. The number of nitrogens with zero attached hydrogens (tertiary/aromatic N) is 3. The number of aromatic amines is 1. The first-order chi connectivity index (χ1) is 18.1. The van der Waals surface area contributed by atoms with E-state index in [4.69, 9.17) is 0 Å². The zero-order valence-electron chi connectivity index (χ0n) is 21.0. The third kappa shape index (κ3) is 6.02. The zero-order valence-corrected chi connectivity index (χ0v) is 21.0. The lowest BCUT2D eigenvalue weighted by atomic mass is 10.1. The Morgan fingerprint density at radius 1 is 1.00 bits per heavy atom. The monoisotopic (exact) mass is 496 g/mol. The van der Waals surface area contributed by atoms with Crippen molar-refractivity contribution in [2.45, 2.75) is 50.5 Å². The molecule has 3 atom stereocenters. The molecular formula is C29H32N6O2. The molecule has 1 aromatic carbocycles. The Morgan fingerprint density at radius 2 is 1.84 bits per heavy atom. The number of aromatic nitrogens is 4. The summed E-state index contributed by atoms with van der Waals surface area (Å²) in [5.41, 5.74) is 3.09. The van der Waals surface area contributed by atoms with E-state index in [9.17, 15) is 9.59 Å². The van der Waals surface area contributed by atoms with Crippen LogP contribution in [0.4, 0.5) is 0 Å². The van der Waals surface area contributed by atoms with E-state index in [0.29, 0.717) is 6.42 Å². The fourth-order valence-electron chi connectivity index (χ4n) is 4.87. The van der Waals surface area contributed by atoms with Crippen molar-refractivity contribution in [3.05, 3.63) is 78.8 Å². The number of hydrogen-bond donors (Lipinski definition) is 3. The van der Waals surface area contributed by atoms with Crippen molar-refractivity contribution in [2.75, 3.05) is 7.05 Å². The molecule has 4 aromatic rings. The van der Waals surface area contributed by atoms with E-state index in [1.807, 2.05) is 30.6 Å². The van der Waals surface area contributed by atoms with Crippen molar-refractivity contribution < 1.29 is 9.59 Å². The van der Waals surface area contributed by atoms with Gasteiger partial charge in [-0.2, -0.15) is 0 Å². The minimum atomic E-state index is -0.220. The molecule has 1 fully saturated rings. The number of fused-ring (bicyclic) bond motifs is 1. The lowest BCUT2D eigenvalue weighted by Crippen LogP contribution is -2.31. The van der Waals surface area contributed by atoms with Crippen molar-refractivity contribution in [1.29, 1.82) is 0 Å². The maximum absolute atomic E-state index is 13.2. The molecular weight excluding hydrogens is 464 g/mol. The van der Waals surface area contributed by atoms with Crippen LogP contribution >= 0.6 is 0 Å². The molecule has 1 aliphatic carbocycles. The highest BCUT2D eigenvalue weighted by Gasteiger charge is 2.44. The highest BCUT2D eigenvalue weighted by molar-refractivity contribution is 5.86. The first-order valence-electron chi connectivity index (χ1n) is 12.9. The number of benzene rings is 1. The molecule has 3 N–H and O–H groups in total. The number of carbonyl (C=O) groups is 2. The first-order valence-corrected chi connectivity index (χ1v) is 12.9. The molecule has 3 aromatic heterocycles. The lowest BCUT2D eigenvalue weighted by molar-refractivity contribution is -0.123. The zero-order chi connectivity index (χ0) is 25.6. The summed E-state index contributed by atoms with van der Waals surface area (Å²) in [7, 11) is 1.66. The average molecular weight is 497 g/mol. The normalized spacial score (nSPS) is 17.3. The van der Waals surface area contributed by atoms with Crippen LogP contribution in [-0.4, -0.2) is 38.8 Å². The summed E-state index contributed by atoms with van der Waals surface area (Å²) in [4.78, 5) is 41.1. The van der Waals surface area contributed by atoms with Crippen LogP contribution in [0.5, 0.6) is 0 Å². The highest BCUT2D eigenvalue weighted by Crippen LogP contribution is 2.47.